The van der Waals surface area contributed by atoms with Crippen LogP contribution in [0, 0.1) is 0 Å². The van der Waals surface area contributed by atoms with Crippen LogP contribution < -0.4 is 0 Å². The van der Waals surface area contributed by atoms with Crippen molar-refractivity contribution in [3.63, 3.8) is 0 Å². The maximum atomic E-state index is 12.5. The Balaban J connectivity index is 4.22. The van der Waals surface area contributed by atoms with Gasteiger partial charge in [-0.15, -0.1) is 0 Å². The second-order valence-corrected chi connectivity index (χ2v) is 2.46. The van der Waals surface area contributed by atoms with E-state index in [9.17, 15) is 4.39 Å². The summed E-state index contributed by atoms with van der Waals surface area (Å²) in [6.45, 7) is 8.55. The maximum absolute atomic E-state index is 12.5. The van der Waals surface area contributed by atoms with Gasteiger partial charge in [-0.3, -0.25) is 4.99 Å². The molecule has 0 saturated carbocycles. The lowest BCUT2D eigenvalue weighted by Crippen LogP contribution is -1.93. The number of halogens is 1. The first kappa shape index (κ1) is 10.1. The van der Waals surface area contributed by atoms with Gasteiger partial charge in [-0.1, -0.05) is 6.58 Å². The van der Waals surface area contributed by atoms with E-state index in [1.807, 2.05) is 6.92 Å². The molecule has 0 fully saturated rings. The minimum Gasteiger partial charge on any atom is -0.262 e. The van der Waals surface area contributed by atoms with Crippen LogP contribution in [0.25, 0.3) is 0 Å². The van der Waals surface area contributed by atoms with Crippen LogP contribution >= 0.6 is 0 Å². The zero-order chi connectivity index (χ0) is 8.85. The Hall–Kier alpha value is -0.920. The van der Waals surface area contributed by atoms with Gasteiger partial charge in [0.05, 0.1) is 0 Å². The highest BCUT2D eigenvalue weighted by Gasteiger charge is 1.97. The number of nitrogens with zero attached hydrogens (tertiary/aromatic N) is 1. The molecule has 1 atom stereocenters. The molecule has 11 heavy (non-hydrogen) atoms. The van der Waals surface area contributed by atoms with E-state index in [1.165, 1.54) is 13.1 Å². The van der Waals surface area contributed by atoms with Gasteiger partial charge in [0.1, 0.15) is 6.17 Å². The normalized spacial score (nSPS) is 16.4. The van der Waals surface area contributed by atoms with Crippen molar-refractivity contribution < 1.29 is 4.39 Å². The molecular weight excluding hydrogens is 141 g/mol. The van der Waals surface area contributed by atoms with Crippen molar-refractivity contribution in [3.8, 4) is 0 Å². The smallest absolute Gasteiger partial charge is 0.120 e. The summed E-state index contributed by atoms with van der Waals surface area (Å²) in [6, 6.07) is 0. The topological polar surface area (TPSA) is 12.4 Å². The predicted octanol–water partition coefficient (Wildman–Crippen LogP) is 2.90. The molecule has 62 valence electrons. The monoisotopic (exact) mass is 155 g/mol. The van der Waals surface area contributed by atoms with E-state index in [0.29, 0.717) is 5.57 Å². The van der Waals surface area contributed by atoms with Crippen molar-refractivity contribution in [1.29, 1.82) is 0 Å². The lowest BCUT2D eigenvalue weighted by atomic mass is 10.2. The van der Waals surface area contributed by atoms with Crippen LogP contribution in [0.1, 0.15) is 20.8 Å². The van der Waals surface area contributed by atoms with Crippen molar-refractivity contribution in [2.24, 2.45) is 4.99 Å². The minimum absolute atomic E-state index is 0.631. The highest BCUT2D eigenvalue weighted by atomic mass is 19.1. The summed E-state index contributed by atoms with van der Waals surface area (Å²) in [7, 11) is 0. The van der Waals surface area contributed by atoms with Crippen molar-refractivity contribution in [3.05, 3.63) is 24.4 Å². The van der Waals surface area contributed by atoms with Crippen LogP contribution in [0.4, 0.5) is 4.39 Å². The molecule has 0 spiro atoms. The van der Waals surface area contributed by atoms with Gasteiger partial charge in [0, 0.05) is 11.9 Å². The Morgan fingerprint density at radius 2 is 2.09 bits per heavy atom. The first-order valence-electron chi connectivity index (χ1n) is 3.55. The Morgan fingerprint density at radius 1 is 1.55 bits per heavy atom. The fourth-order valence-corrected chi connectivity index (χ4v) is 0.359. The van der Waals surface area contributed by atoms with Crippen molar-refractivity contribution >= 4 is 5.71 Å². The predicted molar refractivity (Wildman–Crippen MR) is 47.6 cm³/mol. The summed E-state index contributed by atoms with van der Waals surface area (Å²) < 4.78 is 12.5. The quantitative estimate of drug-likeness (QED) is 0.556. The van der Waals surface area contributed by atoms with E-state index < -0.39 is 6.17 Å². The summed E-state index contributed by atoms with van der Waals surface area (Å²) in [4.78, 5) is 3.96. The molecule has 1 unspecified atom stereocenters. The molecule has 1 nitrogen and oxygen atoms in total. The van der Waals surface area contributed by atoms with E-state index in [1.54, 1.807) is 13.0 Å². The molecule has 0 amide bonds. The number of hydrogen-bond acceptors (Lipinski definition) is 1. The van der Waals surface area contributed by atoms with Gasteiger partial charge in [0.25, 0.3) is 0 Å². The number of aliphatic imine (C=N–C) groups is 1. The molecule has 0 bridgehead atoms. The summed E-state index contributed by atoms with van der Waals surface area (Å²) in [6.07, 6.45) is 2.24. The van der Waals surface area contributed by atoms with Gasteiger partial charge in [-0.25, -0.2) is 4.39 Å². The fourth-order valence-electron chi connectivity index (χ4n) is 0.359. The van der Waals surface area contributed by atoms with Crippen LogP contribution in [0.3, 0.4) is 0 Å². The summed E-state index contributed by atoms with van der Waals surface area (Å²) >= 11 is 0. The van der Waals surface area contributed by atoms with Gasteiger partial charge in [-0.05, 0) is 32.4 Å². The number of alkyl halides is 1. The molecule has 0 N–H and O–H groups in total. The lowest BCUT2D eigenvalue weighted by Gasteiger charge is -1.97. The van der Waals surface area contributed by atoms with Crippen LogP contribution in [-0.2, 0) is 0 Å². The number of allylic oxidation sites excluding steroid dienone is 2. The molecule has 0 aromatic heterocycles. The molecule has 0 aliphatic rings. The third-order valence-corrected chi connectivity index (χ3v) is 1.39. The zero-order valence-electron chi connectivity index (χ0n) is 7.26. The standard InChI is InChI=1S/C9H14FN/c1-5-8(3)11-6-7(2)9(4)10/h5-6,9H,1H2,2-4H3/b7-6+,11-8?. The SMILES string of the molecule is C=CC(C)=N/C=C(\C)C(C)F. The highest BCUT2D eigenvalue weighted by molar-refractivity contribution is 5.92. The molecule has 0 rings (SSSR count). The van der Waals surface area contributed by atoms with Gasteiger partial charge in [0.2, 0.25) is 0 Å². The zero-order valence-corrected chi connectivity index (χ0v) is 7.26. The van der Waals surface area contributed by atoms with Crippen LogP contribution in [-0.4, -0.2) is 11.9 Å². The molecular formula is C9H14FN. The van der Waals surface area contributed by atoms with E-state index in [2.05, 4.69) is 11.6 Å². The fraction of sp³-hybridized carbons (Fsp3) is 0.444. The van der Waals surface area contributed by atoms with E-state index in [0.717, 1.165) is 5.71 Å². The second kappa shape index (κ2) is 4.83. The average molecular weight is 155 g/mol. The third kappa shape index (κ3) is 4.48. The van der Waals surface area contributed by atoms with Gasteiger partial charge in [0.15, 0.2) is 0 Å². The van der Waals surface area contributed by atoms with Crippen LogP contribution in [0.5, 0.6) is 0 Å². The summed E-state index contributed by atoms with van der Waals surface area (Å²) in [5.74, 6) is 0. The maximum Gasteiger partial charge on any atom is 0.120 e. The van der Waals surface area contributed by atoms with Gasteiger partial charge >= 0.3 is 0 Å². The van der Waals surface area contributed by atoms with Crippen LogP contribution in [0.15, 0.2) is 29.4 Å². The number of hydrogen-bond donors (Lipinski definition) is 0. The van der Waals surface area contributed by atoms with Crippen molar-refractivity contribution in [2.75, 3.05) is 0 Å². The van der Waals surface area contributed by atoms with E-state index in [-0.39, 0.29) is 0 Å². The largest absolute Gasteiger partial charge is 0.262 e. The summed E-state index contributed by atoms with van der Waals surface area (Å²) in [5, 5.41) is 0. The number of rotatable bonds is 3. The van der Waals surface area contributed by atoms with Gasteiger partial charge < -0.3 is 0 Å². The Labute approximate surface area is 67.3 Å². The molecule has 0 aromatic carbocycles. The average Bonchev–Trinajstić information content (AvgIpc) is 1.99. The molecule has 0 aliphatic heterocycles. The van der Waals surface area contributed by atoms with E-state index in [4.69, 9.17) is 0 Å². The molecule has 0 aromatic rings. The Morgan fingerprint density at radius 3 is 2.45 bits per heavy atom. The minimum atomic E-state index is -0.920. The van der Waals surface area contributed by atoms with Crippen molar-refractivity contribution in [1.82, 2.24) is 0 Å². The summed E-state index contributed by atoms with van der Waals surface area (Å²) in [5.41, 5.74) is 1.43. The Kier molecular flexibility index (Phi) is 4.42. The van der Waals surface area contributed by atoms with Crippen molar-refractivity contribution in [2.45, 2.75) is 26.9 Å². The first-order valence-corrected chi connectivity index (χ1v) is 3.55. The first-order chi connectivity index (χ1) is 5.07. The molecule has 0 saturated heterocycles. The molecule has 0 heterocycles. The third-order valence-electron chi connectivity index (χ3n) is 1.39. The second-order valence-electron chi connectivity index (χ2n) is 2.46. The molecule has 2 heteroatoms. The van der Waals surface area contributed by atoms with Crippen LogP contribution in [0.2, 0.25) is 0 Å². The molecule has 0 radical (unpaired) electrons. The van der Waals surface area contributed by atoms with E-state index >= 15 is 0 Å². The van der Waals surface area contributed by atoms with Gasteiger partial charge in [-0.2, -0.15) is 0 Å². The highest BCUT2D eigenvalue weighted by Crippen LogP contribution is 2.04. The lowest BCUT2D eigenvalue weighted by molar-refractivity contribution is 0.410. The Bertz CT molecular complexity index is 190. The molecule has 0 aliphatic carbocycles.